The minimum Gasteiger partial charge on any atom is -0.395 e. The summed E-state index contributed by atoms with van der Waals surface area (Å²) in [5, 5.41) is 9.27. The van der Waals surface area contributed by atoms with Crippen molar-refractivity contribution in [3.8, 4) is 0 Å². The molecule has 3 nitrogen and oxygen atoms in total. The quantitative estimate of drug-likeness (QED) is 0.929. The van der Waals surface area contributed by atoms with Gasteiger partial charge in [0.15, 0.2) is 0 Å². The molecule has 0 atom stereocenters. The number of rotatable bonds is 4. The summed E-state index contributed by atoms with van der Waals surface area (Å²) in [6.45, 7) is 2.67. The van der Waals surface area contributed by atoms with Crippen LogP contribution in [0.5, 0.6) is 0 Å². The van der Waals surface area contributed by atoms with Gasteiger partial charge < -0.3 is 10.0 Å². The van der Waals surface area contributed by atoms with Gasteiger partial charge in [-0.15, -0.1) is 0 Å². The standard InChI is InChI=1S/C11H13BrClNO2/c1-2-14(5-6-15)11(16)9-7-8(12)3-4-10(9)13/h3-4,7,15H,2,5-6H2,1H3. The summed E-state index contributed by atoms with van der Waals surface area (Å²) in [4.78, 5) is 13.6. The van der Waals surface area contributed by atoms with E-state index in [1.807, 2.05) is 6.92 Å². The monoisotopic (exact) mass is 305 g/mol. The van der Waals surface area contributed by atoms with Gasteiger partial charge in [-0.3, -0.25) is 4.79 Å². The SMILES string of the molecule is CCN(CCO)C(=O)c1cc(Br)ccc1Cl. The maximum absolute atomic E-state index is 12.0. The van der Waals surface area contributed by atoms with Crippen LogP contribution >= 0.6 is 27.5 Å². The Morgan fingerprint density at radius 2 is 2.25 bits per heavy atom. The zero-order chi connectivity index (χ0) is 12.1. The number of aliphatic hydroxyl groups excluding tert-OH is 1. The maximum Gasteiger partial charge on any atom is 0.255 e. The highest BCUT2D eigenvalue weighted by molar-refractivity contribution is 9.10. The van der Waals surface area contributed by atoms with Gasteiger partial charge in [0, 0.05) is 17.6 Å². The normalized spacial score (nSPS) is 10.2. The highest BCUT2D eigenvalue weighted by atomic mass is 79.9. The van der Waals surface area contributed by atoms with Crippen LogP contribution in [-0.2, 0) is 0 Å². The number of likely N-dealkylation sites (N-methyl/N-ethyl adjacent to an activating group) is 1. The van der Waals surface area contributed by atoms with Gasteiger partial charge in [0.05, 0.1) is 17.2 Å². The van der Waals surface area contributed by atoms with Crippen molar-refractivity contribution >= 4 is 33.4 Å². The Balaban J connectivity index is 2.98. The van der Waals surface area contributed by atoms with Crippen molar-refractivity contribution in [3.63, 3.8) is 0 Å². The van der Waals surface area contributed by atoms with Crippen LogP contribution in [0, 0.1) is 0 Å². The third kappa shape index (κ3) is 3.20. The Morgan fingerprint density at radius 1 is 1.56 bits per heavy atom. The van der Waals surface area contributed by atoms with E-state index in [1.54, 1.807) is 23.1 Å². The van der Waals surface area contributed by atoms with Gasteiger partial charge in [-0.1, -0.05) is 27.5 Å². The smallest absolute Gasteiger partial charge is 0.255 e. The number of nitrogens with zero attached hydrogens (tertiary/aromatic N) is 1. The number of hydrogen-bond acceptors (Lipinski definition) is 2. The number of aliphatic hydroxyl groups is 1. The predicted octanol–water partition coefficient (Wildman–Crippen LogP) is 2.56. The minimum absolute atomic E-state index is 0.0504. The van der Waals surface area contributed by atoms with E-state index in [4.69, 9.17) is 16.7 Å². The predicted molar refractivity (Wildman–Crippen MR) is 67.8 cm³/mol. The molecule has 0 radical (unpaired) electrons. The van der Waals surface area contributed by atoms with Crippen molar-refractivity contribution < 1.29 is 9.90 Å². The van der Waals surface area contributed by atoms with Crippen molar-refractivity contribution in [2.75, 3.05) is 19.7 Å². The molecule has 88 valence electrons. The molecule has 0 spiro atoms. The summed E-state index contributed by atoms with van der Waals surface area (Å²) < 4.78 is 0.806. The highest BCUT2D eigenvalue weighted by Gasteiger charge is 2.16. The highest BCUT2D eigenvalue weighted by Crippen LogP contribution is 2.22. The first-order chi connectivity index (χ1) is 7.60. The first kappa shape index (κ1) is 13.5. The zero-order valence-electron chi connectivity index (χ0n) is 8.91. The van der Waals surface area contributed by atoms with E-state index >= 15 is 0 Å². The fourth-order valence-electron chi connectivity index (χ4n) is 1.36. The second-order valence-corrected chi connectivity index (χ2v) is 4.56. The maximum atomic E-state index is 12.0. The van der Waals surface area contributed by atoms with E-state index in [0.717, 1.165) is 4.47 Å². The molecular formula is C11H13BrClNO2. The van der Waals surface area contributed by atoms with Crippen LogP contribution in [0.15, 0.2) is 22.7 Å². The molecule has 0 aliphatic carbocycles. The van der Waals surface area contributed by atoms with Crippen molar-refractivity contribution in [2.45, 2.75) is 6.92 Å². The van der Waals surface area contributed by atoms with Crippen LogP contribution < -0.4 is 0 Å². The van der Waals surface area contributed by atoms with E-state index < -0.39 is 0 Å². The largest absolute Gasteiger partial charge is 0.395 e. The third-order valence-corrected chi connectivity index (χ3v) is 3.02. The molecule has 0 saturated heterocycles. The third-order valence-electron chi connectivity index (χ3n) is 2.20. The number of carbonyl (C=O) groups excluding carboxylic acids is 1. The van der Waals surface area contributed by atoms with E-state index in [-0.39, 0.29) is 12.5 Å². The molecule has 0 unspecified atom stereocenters. The molecule has 0 saturated carbocycles. The van der Waals surface area contributed by atoms with Crippen LogP contribution in [0.4, 0.5) is 0 Å². The number of benzene rings is 1. The van der Waals surface area contributed by atoms with Gasteiger partial charge >= 0.3 is 0 Å². The Hall–Kier alpha value is -0.580. The van der Waals surface area contributed by atoms with Gasteiger partial charge in [-0.25, -0.2) is 0 Å². The average molecular weight is 307 g/mol. The number of hydrogen-bond donors (Lipinski definition) is 1. The van der Waals surface area contributed by atoms with Crippen LogP contribution in [0.2, 0.25) is 5.02 Å². The average Bonchev–Trinajstić information content (AvgIpc) is 2.28. The van der Waals surface area contributed by atoms with Crippen molar-refractivity contribution in [3.05, 3.63) is 33.3 Å². The molecule has 16 heavy (non-hydrogen) atoms. The second kappa shape index (κ2) is 6.23. The van der Waals surface area contributed by atoms with Crippen LogP contribution in [0.25, 0.3) is 0 Å². The molecular weight excluding hydrogens is 293 g/mol. The summed E-state index contributed by atoms with van der Waals surface area (Å²) in [6.07, 6.45) is 0. The van der Waals surface area contributed by atoms with E-state index in [2.05, 4.69) is 15.9 Å². The van der Waals surface area contributed by atoms with E-state index in [0.29, 0.717) is 23.7 Å². The van der Waals surface area contributed by atoms with Crippen LogP contribution in [0.1, 0.15) is 17.3 Å². The van der Waals surface area contributed by atoms with Crippen LogP contribution in [0.3, 0.4) is 0 Å². The molecule has 1 N–H and O–H groups in total. The molecule has 0 heterocycles. The summed E-state index contributed by atoms with van der Waals surface area (Å²) in [7, 11) is 0. The molecule has 1 aromatic carbocycles. The number of amides is 1. The van der Waals surface area contributed by atoms with Gasteiger partial charge in [-0.2, -0.15) is 0 Å². The molecule has 0 bridgehead atoms. The fourth-order valence-corrected chi connectivity index (χ4v) is 1.92. The molecule has 0 fully saturated rings. The Labute approximate surface area is 108 Å². The first-order valence-electron chi connectivity index (χ1n) is 4.95. The summed E-state index contributed by atoms with van der Waals surface area (Å²) in [5.41, 5.74) is 0.450. The lowest BCUT2D eigenvalue weighted by molar-refractivity contribution is 0.0732. The summed E-state index contributed by atoms with van der Waals surface area (Å²) >= 11 is 9.26. The van der Waals surface area contributed by atoms with E-state index in [1.165, 1.54) is 0 Å². The Kier molecular flexibility index (Phi) is 5.25. The van der Waals surface area contributed by atoms with Crippen molar-refractivity contribution in [1.29, 1.82) is 0 Å². The molecule has 5 heteroatoms. The van der Waals surface area contributed by atoms with Gasteiger partial charge in [0.1, 0.15) is 0 Å². The zero-order valence-corrected chi connectivity index (χ0v) is 11.3. The Bertz CT molecular complexity index is 384. The molecule has 1 rings (SSSR count). The second-order valence-electron chi connectivity index (χ2n) is 3.23. The van der Waals surface area contributed by atoms with Gasteiger partial charge in [0.25, 0.3) is 5.91 Å². The van der Waals surface area contributed by atoms with Gasteiger partial charge in [0.2, 0.25) is 0 Å². The van der Waals surface area contributed by atoms with Crippen LogP contribution in [-0.4, -0.2) is 35.6 Å². The summed E-state index contributed by atoms with van der Waals surface area (Å²) in [5.74, 6) is -0.164. The van der Waals surface area contributed by atoms with Crippen molar-refractivity contribution in [2.24, 2.45) is 0 Å². The van der Waals surface area contributed by atoms with E-state index in [9.17, 15) is 4.79 Å². The van der Waals surface area contributed by atoms with Gasteiger partial charge in [-0.05, 0) is 25.1 Å². The lowest BCUT2D eigenvalue weighted by atomic mass is 10.2. The first-order valence-corrected chi connectivity index (χ1v) is 6.12. The fraction of sp³-hybridized carbons (Fsp3) is 0.364. The topological polar surface area (TPSA) is 40.5 Å². The minimum atomic E-state index is -0.164. The van der Waals surface area contributed by atoms with Crippen molar-refractivity contribution in [1.82, 2.24) is 4.90 Å². The molecule has 0 aliphatic rings. The summed E-state index contributed by atoms with van der Waals surface area (Å²) in [6, 6.07) is 5.14. The lowest BCUT2D eigenvalue weighted by Crippen LogP contribution is -2.33. The molecule has 0 aliphatic heterocycles. The Morgan fingerprint density at radius 3 is 2.81 bits per heavy atom. The molecule has 1 aromatic rings. The molecule has 0 aromatic heterocycles. The molecule has 1 amide bonds. The lowest BCUT2D eigenvalue weighted by Gasteiger charge is -2.20. The number of halogens is 2. The number of carbonyl (C=O) groups is 1.